The number of amides is 2. The third-order valence-corrected chi connectivity index (χ3v) is 5.50. The first-order chi connectivity index (χ1) is 12.9. The Morgan fingerprint density at radius 1 is 1.22 bits per heavy atom. The average Bonchev–Trinajstić information content (AvgIpc) is 2.68. The number of anilines is 1. The Labute approximate surface area is 163 Å². The van der Waals surface area contributed by atoms with E-state index < -0.39 is 11.8 Å². The zero-order valence-electron chi connectivity index (χ0n) is 15.6. The van der Waals surface area contributed by atoms with E-state index in [9.17, 15) is 14.4 Å². The van der Waals surface area contributed by atoms with E-state index in [4.69, 9.17) is 22.2 Å². The molecule has 1 aliphatic carbocycles. The van der Waals surface area contributed by atoms with Gasteiger partial charge in [-0.1, -0.05) is 24.6 Å². The van der Waals surface area contributed by atoms with Crippen LogP contribution >= 0.6 is 11.6 Å². The predicted molar refractivity (Wildman–Crippen MR) is 103 cm³/mol. The molecule has 27 heavy (non-hydrogen) atoms. The van der Waals surface area contributed by atoms with Crippen LogP contribution in [0.1, 0.15) is 51.0 Å². The molecule has 2 amide bonds. The van der Waals surface area contributed by atoms with Crippen molar-refractivity contribution in [3.05, 3.63) is 28.8 Å². The molecule has 1 aliphatic rings. The number of hydrazine groups is 1. The lowest BCUT2D eigenvalue weighted by Gasteiger charge is -2.31. The zero-order chi connectivity index (χ0) is 20.0. The maximum atomic E-state index is 11.9. The molecule has 0 spiro atoms. The van der Waals surface area contributed by atoms with E-state index in [1.165, 1.54) is 0 Å². The van der Waals surface area contributed by atoms with Crippen LogP contribution in [0.15, 0.2) is 18.2 Å². The minimum absolute atomic E-state index is 0.0826. The second-order valence-electron chi connectivity index (χ2n) is 6.82. The Morgan fingerprint density at radius 2 is 1.89 bits per heavy atom. The summed E-state index contributed by atoms with van der Waals surface area (Å²) in [4.78, 5) is 34.7. The average molecular weight is 396 g/mol. The van der Waals surface area contributed by atoms with Crippen LogP contribution in [0.4, 0.5) is 5.69 Å². The van der Waals surface area contributed by atoms with Gasteiger partial charge in [0.15, 0.2) is 0 Å². The molecule has 8 heteroatoms. The highest BCUT2D eigenvalue weighted by atomic mass is 35.5. The maximum Gasteiger partial charge on any atom is 0.323 e. The van der Waals surface area contributed by atoms with Crippen molar-refractivity contribution in [3.63, 3.8) is 0 Å². The third kappa shape index (κ3) is 5.43. The van der Waals surface area contributed by atoms with Gasteiger partial charge in [-0.15, -0.1) is 0 Å². The predicted octanol–water partition coefficient (Wildman–Crippen LogP) is 2.74. The summed E-state index contributed by atoms with van der Waals surface area (Å²) in [6, 6.07) is 5.41. The molecule has 0 bridgehead atoms. The molecule has 1 fully saturated rings. The number of carbonyl (C=O) groups is 3. The van der Waals surface area contributed by atoms with Gasteiger partial charge in [-0.25, -0.2) is 5.84 Å². The summed E-state index contributed by atoms with van der Waals surface area (Å²) in [5.41, 5.74) is 3.22. The number of esters is 1. The Balaban J connectivity index is 1.96. The number of rotatable bonds is 5. The summed E-state index contributed by atoms with van der Waals surface area (Å²) in [5.74, 6) is 3.60. The van der Waals surface area contributed by atoms with Crippen molar-refractivity contribution in [1.82, 2.24) is 5.43 Å². The normalized spacial score (nSPS) is 20.4. The van der Waals surface area contributed by atoms with Crippen molar-refractivity contribution in [1.29, 1.82) is 0 Å². The molecule has 0 aliphatic heterocycles. The van der Waals surface area contributed by atoms with Crippen molar-refractivity contribution in [2.24, 2.45) is 17.7 Å². The molecule has 2 rings (SSSR count). The van der Waals surface area contributed by atoms with Crippen molar-refractivity contribution < 1.29 is 19.1 Å². The second kappa shape index (κ2) is 9.71. The van der Waals surface area contributed by atoms with E-state index >= 15 is 0 Å². The Morgan fingerprint density at radius 3 is 2.44 bits per heavy atom. The number of hydrogen-bond acceptors (Lipinski definition) is 5. The second-order valence-corrected chi connectivity index (χ2v) is 7.23. The van der Waals surface area contributed by atoms with Gasteiger partial charge in [-0.2, -0.15) is 0 Å². The van der Waals surface area contributed by atoms with Gasteiger partial charge in [-0.3, -0.25) is 19.8 Å². The molecule has 0 radical (unpaired) electrons. The number of nitrogens with two attached hydrogens (primary N) is 1. The summed E-state index contributed by atoms with van der Waals surface area (Å²) in [6.45, 7) is 4.17. The lowest BCUT2D eigenvalue weighted by Crippen LogP contribution is -2.39. The molecule has 1 atom stereocenters. The van der Waals surface area contributed by atoms with Crippen molar-refractivity contribution in [3.8, 4) is 0 Å². The molecule has 0 saturated heterocycles. The topological polar surface area (TPSA) is 111 Å². The van der Waals surface area contributed by atoms with E-state index in [0.29, 0.717) is 29.2 Å². The zero-order valence-corrected chi connectivity index (χ0v) is 16.3. The molecule has 1 aromatic carbocycles. The summed E-state index contributed by atoms with van der Waals surface area (Å²) in [6.07, 6.45) is 3.84. The Bertz CT molecular complexity index is 702. The summed E-state index contributed by atoms with van der Waals surface area (Å²) >= 11 is 6.26. The highest BCUT2D eigenvalue weighted by Crippen LogP contribution is 2.40. The van der Waals surface area contributed by atoms with E-state index in [1.54, 1.807) is 11.5 Å². The first kappa shape index (κ1) is 21.2. The van der Waals surface area contributed by atoms with Crippen LogP contribution < -0.4 is 16.6 Å². The fraction of sp³-hybridized carbons (Fsp3) is 0.526. The van der Waals surface area contributed by atoms with E-state index in [0.717, 1.165) is 31.2 Å². The van der Waals surface area contributed by atoms with Gasteiger partial charge in [0, 0.05) is 0 Å². The van der Waals surface area contributed by atoms with Gasteiger partial charge in [-0.05, 0) is 62.1 Å². The Kier molecular flexibility index (Phi) is 7.62. The molecule has 1 saturated carbocycles. The standard InChI is InChI=1S/C19H26ClN3O4/c1-3-27-19(26)11(2)12-4-6-13(7-5-12)14-8-9-16(15(20)10-14)22-17(24)18(25)23-21/h8-13H,3-7,21H2,1-2H3,(H,22,24)(H,23,25)/t11?,12-,13-. The first-order valence-corrected chi connectivity index (χ1v) is 9.53. The van der Waals surface area contributed by atoms with Gasteiger partial charge in [0.2, 0.25) is 0 Å². The van der Waals surface area contributed by atoms with Gasteiger partial charge in [0.05, 0.1) is 23.2 Å². The molecule has 0 aromatic heterocycles. The van der Waals surface area contributed by atoms with Gasteiger partial charge in [0.25, 0.3) is 0 Å². The van der Waals surface area contributed by atoms with Crippen molar-refractivity contribution in [2.75, 3.05) is 11.9 Å². The third-order valence-electron chi connectivity index (χ3n) is 5.19. The van der Waals surface area contributed by atoms with Crippen molar-refractivity contribution >= 4 is 35.1 Å². The molecule has 1 aromatic rings. The van der Waals surface area contributed by atoms with E-state index in [-0.39, 0.29) is 11.9 Å². The SMILES string of the molecule is CCOC(=O)C(C)[C@H]1CC[C@H](c2ccc(NC(=O)C(=O)NN)c(Cl)c2)CC1. The number of benzene rings is 1. The first-order valence-electron chi connectivity index (χ1n) is 9.15. The monoisotopic (exact) mass is 395 g/mol. The number of ether oxygens (including phenoxy) is 1. The minimum Gasteiger partial charge on any atom is -0.466 e. The maximum absolute atomic E-state index is 11.9. The Hall–Kier alpha value is -2.12. The number of carbonyl (C=O) groups excluding carboxylic acids is 3. The lowest BCUT2D eigenvalue weighted by molar-refractivity contribution is -0.149. The summed E-state index contributed by atoms with van der Waals surface area (Å²) < 4.78 is 5.13. The summed E-state index contributed by atoms with van der Waals surface area (Å²) in [7, 11) is 0. The van der Waals surface area contributed by atoms with Crippen LogP contribution in [0.3, 0.4) is 0 Å². The van der Waals surface area contributed by atoms with Gasteiger partial charge < -0.3 is 10.1 Å². The smallest absolute Gasteiger partial charge is 0.323 e. The molecule has 0 heterocycles. The van der Waals surface area contributed by atoms with Crippen LogP contribution in [-0.2, 0) is 19.1 Å². The minimum atomic E-state index is -0.941. The van der Waals surface area contributed by atoms with E-state index in [1.807, 2.05) is 26.0 Å². The fourth-order valence-corrected chi connectivity index (χ4v) is 3.79. The number of hydrogen-bond donors (Lipinski definition) is 3. The fourth-order valence-electron chi connectivity index (χ4n) is 3.55. The van der Waals surface area contributed by atoms with E-state index in [2.05, 4.69) is 5.32 Å². The number of nitrogens with one attached hydrogen (secondary N) is 2. The van der Waals surface area contributed by atoms with Crippen LogP contribution in [0, 0.1) is 11.8 Å². The molecule has 148 valence electrons. The highest BCUT2D eigenvalue weighted by molar-refractivity contribution is 6.41. The van der Waals surface area contributed by atoms with Gasteiger partial charge in [0.1, 0.15) is 0 Å². The molecule has 4 N–H and O–H groups in total. The lowest BCUT2D eigenvalue weighted by atomic mass is 9.74. The summed E-state index contributed by atoms with van der Waals surface area (Å²) in [5, 5.41) is 2.79. The van der Waals surface area contributed by atoms with Crippen LogP contribution in [0.2, 0.25) is 5.02 Å². The largest absolute Gasteiger partial charge is 0.466 e. The molecule has 1 unspecified atom stereocenters. The van der Waals surface area contributed by atoms with Crippen LogP contribution in [0.5, 0.6) is 0 Å². The quantitative estimate of drug-likeness (QED) is 0.233. The molecular weight excluding hydrogens is 370 g/mol. The number of halogens is 1. The molecule has 7 nitrogen and oxygen atoms in total. The van der Waals surface area contributed by atoms with Gasteiger partial charge >= 0.3 is 17.8 Å². The van der Waals surface area contributed by atoms with Crippen molar-refractivity contribution in [2.45, 2.75) is 45.4 Å². The van der Waals surface area contributed by atoms with Crippen LogP contribution in [-0.4, -0.2) is 24.4 Å². The van der Waals surface area contributed by atoms with Crippen LogP contribution in [0.25, 0.3) is 0 Å². The molecular formula is C19H26ClN3O4. The highest BCUT2D eigenvalue weighted by Gasteiger charge is 2.30.